The van der Waals surface area contributed by atoms with Crippen LogP contribution in [0.1, 0.15) is 29.4 Å². The van der Waals surface area contributed by atoms with Crippen molar-refractivity contribution in [3.8, 4) is 0 Å². The molecule has 1 amide bonds. The van der Waals surface area contributed by atoms with Crippen molar-refractivity contribution in [3.05, 3.63) is 20.8 Å². The molecule has 1 aromatic rings. The monoisotopic (exact) mass is 412 g/mol. The predicted octanol–water partition coefficient (Wildman–Crippen LogP) is 3.73. The lowest BCUT2D eigenvalue weighted by molar-refractivity contribution is 0.0655. The van der Waals surface area contributed by atoms with E-state index in [1.54, 1.807) is 0 Å². The quantitative estimate of drug-likeness (QED) is 0.594. The van der Waals surface area contributed by atoms with Gasteiger partial charge in [-0.1, -0.05) is 23.2 Å². The third-order valence-corrected chi connectivity index (χ3v) is 7.38. The number of rotatable bonds is 0. The number of carbonyl (C=O) groups excluding carboxylic acids is 1. The average Bonchev–Trinajstić information content (AvgIpc) is 2.71. The molecule has 2 aliphatic heterocycles. The minimum atomic E-state index is -0.884. The highest BCUT2D eigenvalue weighted by Gasteiger charge is 2.83. The molecule has 4 rings (SSSR count). The third-order valence-electron chi connectivity index (χ3n) is 4.36. The Bertz CT molecular complexity index is 600. The predicted molar refractivity (Wildman–Crippen MR) is 76.3 cm³/mol. The second kappa shape index (κ2) is 3.30. The highest BCUT2D eigenvalue weighted by Crippen LogP contribution is 2.74. The number of hydrogen-bond donors (Lipinski definition) is 0. The van der Waals surface area contributed by atoms with Crippen LogP contribution in [0.2, 0.25) is 0 Å². The van der Waals surface area contributed by atoms with Gasteiger partial charge in [-0.3, -0.25) is 4.79 Å². The van der Waals surface area contributed by atoms with Crippen LogP contribution in [-0.4, -0.2) is 31.8 Å². The zero-order valence-corrected chi connectivity index (χ0v) is 13.8. The van der Waals surface area contributed by atoms with E-state index in [1.165, 1.54) is 0 Å². The lowest BCUT2D eigenvalue weighted by Crippen LogP contribution is -2.45. The minimum absolute atomic E-state index is 0.0262. The molecule has 2 fully saturated rings. The fourth-order valence-corrected chi connectivity index (χ4v) is 5.55. The van der Waals surface area contributed by atoms with Gasteiger partial charge < -0.3 is 9.47 Å². The van der Waals surface area contributed by atoms with Gasteiger partial charge in [-0.2, -0.15) is 0 Å². The number of aromatic nitrogens is 1. The Morgan fingerprint density at radius 2 is 2.11 bits per heavy atom. The van der Waals surface area contributed by atoms with E-state index < -0.39 is 9.87 Å². The summed E-state index contributed by atoms with van der Waals surface area (Å²) in [7, 11) is 0. The molecule has 3 nitrogen and oxygen atoms in total. The van der Waals surface area contributed by atoms with Crippen LogP contribution in [0, 0.1) is 0 Å². The SMILES string of the molecule is O=C1c2cc(Br)c(Br)n2C2C(Cl)(Cl)C23CCCN13. The molecule has 1 saturated heterocycles. The Morgan fingerprint density at radius 3 is 2.83 bits per heavy atom. The third kappa shape index (κ3) is 1.05. The van der Waals surface area contributed by atoms with Gasteiger partial charge in [-0.15, -0.1) is 0 Å². The Balaban J connectivity index is 2.02. The first-order valence-electron chi connectivity index (χ1n) is 5.69. The average molecular weight is 415 g/mol. The highest BCUT2D eigenvalue weighted by molar-refractivity contribution is 9.13. The number of nitrogens with zero attached hydrogens (tertiary/aromatic N) is 2. The van der Waals surface area contributed by atoms with Crippen molar-refractivity contribution < 1.29 is 4.79 Å². The highest BCUT2D eigenvalue weighted by atomic mass is 79.9. The van der Waals surface area contributed by atoms with E-state index >= 15 is 0 Å². The molecule has 18 heavy (non-hydrogen) atoms. The number of carbonyl (C=O) groups is 1. The number of alkyl halides is 2. The van der Waals surface area contributed by atoms with Crippen LogP contribution >= 0.6 is 55.1 Å². The first-order valence-corrected chi connectivity index (χ1v) is 8.03. The summed E-state index contributed by atoms with van der Waals surface area (Å²) in [5.41, 5.74) is 0.251. The van der Waals surface area contributed by atoms with E-state index in [0.717, 1.165) is 28.5 Å². The van der Waals surface area contributed by atoms with Gasteiger partial charge in [0.05, 0.1) is 10.5 Å². The smallest absolute Gasteiger partial charge is 0.271 e. The zero-order chi connectivity index (χ0) is 12.9. The molecule has 0 aromatic carbocycles. The standard InChI is InChI=1S/C11H8Br2Cl2N2O/c12-5-4-6-8(18)16-3-1-2-10(16)9(11(10,14)15)17(6)7(5)13/h4,9H,1-3H2. The summed E-state index contributed by atoms with van der Waals surface area (Å²) in [6, 6.07) is 1.78. The minimum Gasteiger partial charge on any atom is -0.326 e. The van der Waals surface area contributed by atoms with Gasteiger partial charge in [0.15, 0.2) is 4.33 Å². The van der Waals surface area contributed by atoms with Gasteiger partial charge >= 0.3 is 0 Å². The van der Waals surface area contributed by atoms with Crippen LogP contribution in [0.5, 0.6) is 0 Å². The molecule has 0 N–H and O–H groups in total. The summed E-state index contributed by atoms with van der Waals surface area (Å²) in [6.45, 7) is 0.747. The maximum Gasteiger partial charge on any atom is 0.271 e. The molecule has 1 aliphatic carbocycles. The Labute approximate surface area is 131 Å². The number of hydrogen-bond acceptors (Lipinski definition) is 1. The molecule has 0 bridgehead atoms. The van der Waals surface area contributed by atoms with Gasteiger partial charge in [0.25, 0.3) is 5.91 Å². The molecule has 96 valence electrons. The Kier molecular flexibility index (Phi) is 2.21. The van der Waals surface area contributed by atoms with Crippen LogP contribution in [0.4, 0.5) is 0 Å². The van der Waals surface area contributed by atoms with E-state index in [2.05, 4.69) is 31.9 Å². The van der Waals surface area contributed by atoms with Gasteiger partial charge in [-0.05, 0) is 50.8 Å². The van der Waals surface area contributed by atoms with Crippen molar-refractivity contribution in [2.45, 2.75) is 28.8 Å². The molecule has 0 radical (unpaired) electrons. The van der Waals surface area contributed by atoms with E-state index in [0.29, 0.717) is 5.69 Å². The van der Waals surface area contributed by atoms with Crippen molar-refractivity contribution in [2.24, 2.45) is 0 Å². The van der Waals surface area contributed by atoms with Crippen LogP contribution in [-0.2, 0) is 0 Å². The maximum atomic E-state index is 12.5. The van der Waals surface area contributed by atoms with Crippen molar-refractivity contribution in [2.75, 3.05) is 6.54 Å². The second-order valence-corrected chi connectivity index (χ2v) is 8.04. The topological polar surface area (TPSA) is 25.2 Å². The maximum absolute atomic E-state index is 12.5. The molecule has 7 heteroatoms. The summed E-state index contributed by atoms with van der Waals surface area (Å²) < 4.78 is 2.75. The first kappa shape index (κ1) is 12.1. The normalized spacial score (nSPS) is 35.2. The van der Waals surface area contributed by atoms with Crippen LogP contribution in [0.3, 0.4) is 0 Å². The largest absolute Gasteiger partial charge is 0.326 e. The number of fused-ring (bicyclic) bond motifs is 2. The summed E-state index contributed by atoms with van der Waals surface area (Å²) in [6.07, 6.45) is 1.84. The Morgan fingerprint density at radius 1 is 1.39 bits per heavy atom. The fraction of sp³-hybridized carbons (Fsp3) is 0.545. The van der Waals surface area contributed by atoms with Crippen molar-refractivity contribution in [1.29, 1.82) is 0 Å². The molecule has 2 atom stereocenters. The zero-order valence-electron chi connectivity index (χ0n) is 9.09. The van der Waals surface area contributed by atoms with Gasteiger partial charge in [-0.25, -0.2) is 0 Å². The second-order valence-electron chi connectivity index (χ2n) is 5.05. The van der Waals surface area contributed by atoms with Gasteiger partial charge in [0.2, 0.25) is 0 Å². The molecule has 3 heterocycles. The van der Waals surface area contributed by atoms with Crippen LogP contribution in [0.25, 0.3) is 0 Å². The van der Waals surface area contributed by atoms with E-state index in [-0.39, 0.29) is 11.9 Å². The summed E-state index contributed by atoms with van der Waals surface area (Å²) in [5, 5.41) is 0. The van der Waals surface area contributed by atoms with Crippen molar-refractivity contribution >= 4 is 61.0 Å². The van der Waals surface area contributed by atoms with E-state index in [1.807, 2.05) is 15.5 Å². The lowest BCUT2D eigenvalue weighted by atomic mass is 10.1. The number of halogens is 4. The van der Waals surface area contributed by atoms with Crippen molar-refractivity contribution in [1.82, 2.24) is 9.47 Å². The molecular weight excluding hydrogens is 407 g/mol. The molecular formula is C11H8Br2Cl2N2O. The molecule has 2 unspecified atom stereocenters. The van der Waals surface area contributed by atoms with Crippen molar-refractivity contribution in [3.63, 3.8) is 0 Å². The lowest BCUT2D eigenvalue weighted by Gasteiger charge is -2.30. The summed E-state index contributed by atoms with van der Waals surface area (Å²) in [4.78, 5) is 14.4. The van der Waals surface area contributed by atoms with Crippen LogP contribution < -0.4 is 0 Å². The summed E-state index contributed by atoms with van der Waals surface area (Å²) >= 11 is 19.9. The summed E-state index contributed by atoms with van der Waals surface area (Å²) in [5.74, 6) is 0.0262. The molecule has 3 aliphatic rings. The Hall–Kier alpha value is 0.290. The van der Waals surface area contributed by atoms with E-state index in [4.69, 9.17) is 23.2 Å². The van der Waals surface area contributed by atoms with Gasteiger partial charge in [0, 0.05) is 6.54 Å². The molecule has 1 aromatic heterocycles. The molecule has 1 saturated carbocycles. The van der Waals surface area contributed by atoms with E-state index in [9.17, 15) is 4.79 Å². The number of amides is 1. The fourth-order valence-electron chi connectivity index (χ4n) is 3.58. The van der Waals surface area contributed by atoms with Gasteiger partial charge in [0.1, 0.15) is 15.8 Å². The molecule has 1 spiro atoms. The first-order chi connectivity index (χ1) is 8.43. The van der Waals surface area contributed by atoms with Crippen LogP contribution in [0.15, 0.2) is 15.1 Å².